The van der Waals surface area contributed by atoms with Gasteiger partial charge in [0.25, 0.3) is 0 Å². The zero-order valence-electron chi connectivity index (χ0n) is 13.9. The molecule has 20 heavy (non-hydrogen) atoms. The molecule has 0 bridgehead atoms. The van der Waals surface area contributed by atoms with Gasteiger partial charge in [0, 0.05) is 0 Å². The summed E-state index contributed by atoms with van der Waals surface area (Å²) in [5.41, 5.74) is 0. The van der Waals surface area contributed by atoms with Gasteiger partial charge in [-0.2, -0.15) is 0 Å². The molecule has 0 atom stereocenters. The van der Waals surface area contributed by atoms with E-state index in [1.807, 2.05) is 0 Å². The van der Waals surface area contributed by atoms with Gasteiger partial charge in [0.2, 0.25) is 0 Å². The fraction of sp³-hybridized carbons (Fsp3) is 0.944. The molecule has 0 amide bonds. The van der Waals surface area contributed by atoms with Crippen LogP contribution in [0.3, 0.4) is 0 Å². The van der Waals surface area contributed by atoms with Crippen LogP contribution in [0.25, 0.3) is 0 Å². The summed E-state index contributed by atoms with van der Waals surface area (Å²) in [6.45, 7) is 4.00. The van der Waals surface area contributed by atoms with Crippen LogP contribution in [0, 0.1) is 0 Å². The van der Waals surface area contributed by atoms with Gasteiger partial charge in [0.1, 0.15) is 0 Å². The van der Waals surface area contributed by atoms with Crippen molar-refractivity contribution in [3.63, 3.8) is 0 Å². The minimum atomic E-state index is 0.375. The van der Waals surface area contributed by atoms with Crippen LogP contribution < -0.4 is 0 Å². The predicted molar refractivity (Wildman–Crippen MR) is 86.0 cm³/mol. The van der Waals surface area contributed by atoms with Crippen LogP contribution in [0.5, 0.6) is 0 Å². The first-order chi connectivity index (χ1) is 9.77. The van der Waals surface area contributed by atoms with Crippen molar-refractivity contribution in [2.24, 2.45) is 0 Å². The molecule has 0 saturated carbocycles. The van der Waals surface area contributed by atoms with E-state index in [0.29, 0.717) is 21.0 Å². The van der Waals surface area contributed by atoms with E-state index in [9.17, 15) is 4.79 Å². The molecule has 0 fully saturated rings. The summed E-state index contributed by atoms with van der Waals surface area (Å²) in [6.07, 6.45) is 18.5. The zero-order chi connectivity index (χ0) is 14.9. The van der Waals surface area contributed by atoms with Crippen molar-refractivity contribution < 1.29 is 20.0 Å². The Morgan fingerprint density at radius 2 is 1.10 bits per heavy atom. The Morgan fingerprint density at radius 1 is 0.700 bits per heavy atom. The van der Waals surface area contributed by atoms with Gasteiger partial charge in [0.05, 0.1) is 0 Å². The Labute approximate surface area is 134 Å². The van der Waals surface area contributed by atoms with Crippen molar-refractivity contribution in [2.75, 3.05) is 0 Å². The van der Waals surface area contributed by atoms with E-state index in [4.69, 9.17) is 0 Å². The SMILES string of the molecule is CCCCCCCCCCCCCC[CH2][Cr][CH2]C(C)=O. The van der Waals surface area contributed by atoms with Gasteiger partial charge >= 0.3 is 114 Å². The minimum absolute atomic E-state index is 0.375. The van der Waals surface area contributed by atoms with Crippen LogP contribution in [0.2, 0.25) is 10.6 Å². The quantitative estimate of drug-likeness (QED) is 0.293. The molecule has 0 heterocycles. The first-order valence-electron chi connectivity index (χ1n) is 8.84. The zero-order valence-corrected chi connectivity index (χ0v) is 15.2. The average Bonchev–Trinajstić information content (AvgIpc) is 2.43. The summed E-state index contributed by atoms with van der Waals surface area (Å²) in [7, 11) is 0. The Hall–Kier alpha value is 0.202. The average molecular weight is 320 g/mol. The van der Waals surface area contributed by atoms with Crippen molar-refractivity contribution in [3.8, 4) is 0 Å². The number of rotatable bonds is 16. The van der Waals surface area contributed by atoms with Crippen LogP contribution in [0.15, 0.2) is 0 Å². The molecular formula is C18H36CrO. The molecule has 0 aromatic rings. The van der Waals surface area contributed by atoms with Crippen molar-refractivity contribution >= 4 is 5.78 Å². The predicted octanol–water partition coefficient (Wildman–Crippen LogP) is 6.59. The number of Topliss-reactive ketones (excluding diaryl/α,β-unsaturated/α-hetero) is 1. The molecular weight excluding hydrogens is 284 g/mol. The topological polar surface area (TPSA) is 17.1 Å². The monoisotopic (exact) mass is 320 g/mol. The molecule has 0 aliphatic heterocycles. The van der Waals surface area contributed by atoms with E-state index in [-0.39, 0.29) is 0 Å². The van der Waals surface area contributed by atoms with Crippen molar-refractivity contribution in [2.45, 2.75) is 108 Å². The molecule has 0 N–H and O–H groups in total. The Kier molecular flexibility index (Phi) is 17.4. The molecule has 0 aromatic carbocycles. The van der Waals surface area contributed by atoms with Crippen LogP contribution in [0.4, 0.5) is 0 Å². The van der Waals surface area contributed by atoms with E-state index < -0.39 is 0 Å². The van der Waals surface area contributed by atoms with E-state index in [1.165, 1.54) is 88.8 Å². The normalized spacial score (nSPS) is 10.9. The number of ketones is 1. The molecule has 0 aliphatic carbocycles. The van der Waals surface area contributed by atoms with Gasteiger partial charge in [-0.1, -0.05) is 19.8 Å². The maximum absolute atomic E-state index is 10.8. The molecule has 1 nitrogen and oxygen atoms in total. The Morgan fingerprint density at radius 3 is 1.50 bits per heavy atom. The Balaban J connectivity index is 2.94. The molecule has 0 unspecified atom stereocenters. The number of hydrogen-bond donors (Lipinski definition) is 0. The van der Waals surface area contributed by atoms with Crippen molar-refractivity contribution in [1.29, 1.82) is 0 Å². The van der Waals surface area contributed by atoms with Gasteiger partial charge in [-0.05, 0) is 0 Å². The molecule has 2 heteroatoms. The standard InChI is InChI=1S/C15H31.C3H5O.Cr/c1-3-5-7-9-11-13-15-14-12-10-8-6-4-2;1-3(2)4;/h1,3-15H2,2H3;1H2,2H3;. The second-order valence-electron chi connectivity index (χ2n) is 6.00. The number of hydrogen-bond acceptors (Lipinski definition) is 1. The molecule has 0 aliphatic rings. The van der Waals surface area contributed by atoms with Crippen molar-refractivity contribution in [3.05, 3.63) is 0 Å². The first-order valence-corrected chi connectivity index (χ1v) is 10.6. The van der Waals surface area contributed by atoms with Crippen LogP contribution >= 0.6 is 0 Å². The fourth-order valence-corrected chi connectivity index (χ4v) is 3.75. The molecule has 0 aromatic heterocycles. The fourth-order valence-electron chi connectivity index (χ4n) is 2.44. The third-order valence-corrected chi connectivity index (χ3v) is 5.55. The summed E-state index contributed by atoms with van der Waals surface area (Å²) >= 11 is 0.587. The van der Waals surface area contributed by atoms with Gasteiger partial charge in [0.15, 0.2) is 0 Å². The summed E-state index contributed by atoms with van der Waals surface area (Å²) < 4.78 is 0. The van der Waals surface area contributed by atoms with Crippen LogP contribution in [-0.2, 0) is 20.0 Å². The molecule has 120 valence electrons. The molecule has 0 rings (SSSR count). The van der Waals surface area contributed by atoms with Crippen molar-refractivity contribution in [1.82, 2.24) is 0 Å². The molecule has 0 saturated heterocycles. The third kappa shape index (κ3) is 18.2. The molecule has 0 spiro atoms. The summed E-state index contributed by atoms with van der Waals surface area (Å²) in [5, 5.41) is 2.16. The number of unbranched alkanes of at least 4 members (excludes halogenated alkanes) is 12. The summed E-state index contributed by atoms with van der Waals surface area (Å²) in [6, 6.07) is 0. The van der Waals surface area contributed by atoms with E-state index in [1.54, 1.807) is 6.92 Å². The molecule has 0 radical (unpaired) electrons. The van der Waals surface area contributed by atoms with Gasteiger partial charge < -0.3 is 0 Å². The van der Waals surface area contributed by atoms with E-state index in [0.717, 1.165) is 5.28 Å². The summed E-state index contributed by atoms with van der Waals surface area (Å²) in [4.78, 5) is 10.8. The number of carbonyl (C=O) groups excluding carboxylic acids is 1. The second kappa shape index (κ2) is 17.3. The van der Waals surface area contributed by atoms with Crippen LogP contribution in [0.1, 0.15) is 97.3 Å². The van der Waals surface area contributed by atoms with Crippen LogP contribution in [-0.4, -0.2) is 5.78 Å². The number of carbonyl (C=O) groups is 1. The van der Waals surface area contributed by atoms with Gasteiger partial charge in [-0.15, -0.1) is 0 Å². The van der Waals surface area contributed by atoms with E-state index in [2.05, 4.69) is 6.92 Å². The van der Waals surface area contributed by atoms with Gasteiger partial charge in [-0.3, -0.25) is 0 Å². The second-order valence-corrected chi connectivity index (χ2v) is 7.72. The summed E-state index contributed by atoms with van der Waals surface area (Å²) in [5.74, 6) is 0.375. The van der Waals surface area contributed by atoms with E-state index >= 15 is 0 Å². The third-order valence-electron chi connectivity index (χ3n) is 3.70. The maximum atomic E-state index is 10.8. The first kappa shape index (κ1) is 20.2. The Bertz CT molecular complexity index is 204. The van der Waals surface area contributed by atoms with Gasteiger partial charge in [-0.25, -0.2) is 0 Å².